The summed E-state index contributed by atoms with van der Waals surface area (Å²) < 4.78 is 0. The van der Waals surface area contributed by atoms with Crippen LogP contribution in [0.15, 0.2) is 24.4 Å². The summed E-state index contributed by atoms with van der Waals surface area (Å²) in [6.45, 7) is 0. The van der Waals surface area contributed by atoms with E-state index in [1.807, 2.05) is 6.07 Å². The second-order valence-electron chi connectivity index (χ2n) is 2.88. The highest BCUT2D eigenvalue weighted by Crippen LogP contribution is 2.18. The quantitative estimate of drug-likeness (QED) is 0.712. The summed E-state index contributed by atoms with van der Waals surface area (Å²) in [6.07, 6.45) is 1.57. The van der Waals surface area contributed by atoms with Crippen LogP contribution in [0.5, 0.6) is 0 Å². The van der Waals surface area contributed by atoms with Crippen LogP contribution in [0.25, 0.3) is 10.9 Å². The monoisotopic (exact) mass is 186 g/mol. The van der Waals surface area contributed by atoms with Gasteiger partial charge in [-0.25, -0.2) is 4.79 Å². The maximum absolute atomic E-state index is 10.7. The molecule has 2 rings (SSSR count). The van der Waals surface area contributed by atoms with Crippen molar-refractivity contribution >= 4 is 16.9 Å². The van der Waals surface area contributed by atoms with E-state index in [-0.39, 0.29) is 5.56 Å². The minimum absolute atomic E-state index is 0.189. The molecule has 0 fully saturated rings. The molecule has 0 unspecified atom stereocenters. The van der Waals surface area contributed by atoms with E-state index in [1.165, 1.54) is 12.1 Å². The third-order valence-electron chi connectivity index (χ3n) is 2.05. The normalized spacial score (nSPS) is 9.93. The van der Waals surface area contributed by atoms with Crippen molar-refractivity contribution in [3.63, 3.8) is 0 Å². The van der Waals surface area contributed by atoms with Crippen LogP contribution in [0, 0.1) is 11.3 Å². The molecular formula is C10H6N2O2. The maximum Gasteiger partial charge on any atom is 0.335 e. The lowest BCUT2D eigenvalue weighted by molar-refractivity contribution is 0.0697. The Kier molecular flexibility index (Phi) is 1.72. The largest absolute Gasteiger partial charge is 0.478 e. The van der Waals surface area contributed by atoms with Crippen LogP contribution in [0.3, 0.4) is 0 Å². The van der Waals surface area contributed by atoms with Gasteiger partial charge in [-0.3, -0.25) is 0 Å². The van der Waals surface area contributed by atoms with E-state index in [9.17, 15) is 4.79 Å². The van der Waals surface area contributed by atoms with Crippen LogP contribution < -0.4 is 0 Å². The van der Waals surface area contributed by atoms with Crippen molar-refractivity contribution in [1.82, 2.24) is 4.98 Å². The number of nitrogens with one attached hydrogen (secondary N) is 1. The number of carboxylic acids is 1. The summed E-state index contributed by atoms with van der Waals surface area (Å²) in [7, 11) is 0. The predicted octanol–water partition coefficient (Wildman–Crippen LogP) is 1.74. The predicted molar refractivity (Wildman–Crippen MR) is 50.0 cm³/mol. The van der Waals surface area contributed by atoms with E-state index in [0.29, 0.717) is 10.9 Å². The number of aromatic amines is 1. The molecule has 0 bridgehead atoms. The molecule has 0 aliphatic carbocycles. The molecule has 2 aromatic rings. The van der Waals surface area contributed by atoms with Crippen LogP contribution in [0.2, 0.25) is 0 Å². The van der Waals surface area contributed by atoms with Gasteiger partial charge >= 0.3 is 5.97 Å². The van der Waals surface area contributed by atoms with E-state index < -0.39 is 5.97 Å². The molecule has 0 amide bonds. The average molecular weight is 186 g/mol. The summed E-state index contributed by atoms with van der Waals surface area (Å²) in [4.78, 5) is 13.6. The fourth-order valence-electron chi connectivity index (χ4n) is 1.35. The number of fused-ring (bicyclic) bond motifs is 1. The number of benzene rings is 1. The first-order valence-corrected chi connectivity index (χ1v) is 3.97. The lowest BCUT2D eigenvalue weighted by Crippen LogP contribution is -1.94. The Morgan fingerprint density at radius 3 is 2.93 bits per heavy atom. The number of H-pyrrole nitrogens is 1. The fraction of sp³-hybridized carbons (Fsp3) is 0. The summed E-state index contributed by atoms with van der Waals surface area (Å²) in [5, 5.41) is 18.1. The topological polar surface area (TPSA) is 76.9 Å². The van der Waals surface area contributed by atoms with Crippen molar-refractivity contribution < 1.29 is 9.90 Å². The molecule has 14 heavy (non-hydrogen) atoms. The summed E-state index contributed by atoms with van der Waals surface area (Å²) in [6, 6.07) is 6.64. The Morgan fingerprint density at radius 1 is 1.50 bits per heavy atom. The van der Waals surface area contributed by atoms with Gasteiger partial charge in [-0.2, -0.15) is 5.26 Å². The summed E-state index contributed by atoms with van der Waals surface area (Å²) in [5.74, 6) is -0.989. The Hall–Kier alpha value is -2.28. The molecular weight excluding hydrogens is 180 g/mol. The van der Waals surface area contributed by atoms with Gasteiger partial charge in [0.15, 0.2) is 0 Å². The van der Waals surface area contributed by atoms with Gasteiger partial charge in [0.05, 0.1) is 11.1 Å². The van der Waals surface area contributed by atoms with E-state index in [4.69, 9.17) is 10.4 Å². The Bertz CT molecular complexity index is 549. The van der Waals surface area contributed by atoms with Gasteiger partial charge in [0, 0.05) is 17.1 Å². The minimum Gasteiger partial charge on any atom is -0.478 e. The van der Waals surface area contributed by atoms with E-state index in [0.717, 1.165) is 5.52 Å². The molecule has 1 aromatic carbocycles. The third kappa shape index (κ3) is 1.12. The van der Waals surface area contributed by atoms with Crippen LogP contribution in [-0.4, -0.2) is 16.1 Å². The van der Waals surface area contributed by atoms with Crippen molar-refractivity contribution in [2.45, 2.75) is 0 Å². The van der Waals surface area contributed by atoms with E-state index in [1.54, 1.807) is 12.3 Å². The lowest BCUT2D eigenvalue weighted by Gasteiger charge is -1.94. The van der Waals surface area contributed by atoms with Crippen molar-refractivity contribution in [3.05, 3.63) is 35.5 Å². The number of nitriles is 1. The van der Waals surface area contributed by atoms with Gasteiger partial charge in [0.2, 0.25) is 0 Å². The molecule has 4 heteroatoms. The van der Waals surface area contributed by atoms with Gasteiger partial charge in [-0.1, -0.05) is 0 Å². The van der Waals surface area contributed by atoms with Crippen LogP contribution in [-0.2, 0) is 0 Å². The number of aromatic carboxylic acids is 1. The maximum atomic E-state index is 10.7. The van der Waals surface area contributed by atoms with Crippen molar-refractivity contribution in [1.29, 1.82) is 5.26 Å². The van der Waals surface area contributed by atoms with Gasteiger partial charge in [0.1, 0.15) is 6.07 Å². The fourth-order valence-corrected chi connectivity index (χ4v) is 1.35. The van der Waals surface area contributed by atoms with Crippen molar-refractivity contribution in [3.8, 4) is 6.07 Å². The molecule has 0 aliphatic rings. The lowest BCUT2D eigenvalue weighted by atomic mass is 10.1. The highest BCUT2D eigenvalue weighted by Gasteiger charge is 2.07. The molecule has 1 aromatic heterocycles. The molecule has 0 saturated carbocycles. The highest BCUT2D eigenvalue weighted by atomic mass is 16.4. The molecule has 4 nitrogen and oxygen atoms in total. The SMILES string of the molecule is N#Cc1c[nH]c2ccc(C(=O)O)cc12. The number of rotatable bonds is 1. The number of hydrogen-bond acceptors (Lipinski definition) is 2. The Labute approximate surface area is 79.4 Å². The molecule has 0 radical (unpaired) electrons. The van der Waals surface area contributed by atoms with Crippen LogP contribution in [0.4, 0.5) is 0 Å². The molecule has 0 spiro atoms. The van der Waals surface area contributed by atoms with E-state index >= 15 is 0 Å². The van der Waals surface area contributed by atoms with E-state index in [2.05, 4.69) is 4.98 Å². The molecule has 0 saturated heterocycles. The zero-order valence-electron chi connectivity index (χ0n) is 7.11. The first-order valence-electron chi connectivity index (χ1n) is 3.97. The molecule has 2 N–H and O–H groups in total. The number of nitrogens with zero attached hydrogens (tertiary/aromatic N) is 1. The highest BCUT2D eigenvalue weighted by molar-refractivity contribution is 5.95. The molecule has 1 heterocycles. The summed E-state index contributed by atoms with van der Waals surface area (Å²) >= 11 is 0. The van der Waals surface area contributed by atoms with Gasteiger partial charge in [-0.15, -0.1) is 0 Å². The van der Waals surface area contributed by atoms with Gasteiger partial charge in [-0.05, 0) is 18.2 Å². The first kappa shape index (κ1) is 8.32. The molecule has 68 valence electrons. The van der Waals surface area contributed by atoms with Crippen molar-refractivity contribution in [2.24, 2.45) is 0 Å². The zero-order chi connectivity index (χ0) is 10.1. The van der Waals surface area contributed by atoms with Gasteiger partial charge in [0.25, 0.3) is 0 Å². The average Bonchev–Trinajstić information content (AvgIpc) is 2.59. The van der Waals surface area contributed by atoms with Crippen LogP contribution in [0.1, 0.15) is 15.9 Å². The standard InChI is InChI=1S/C10H6N2O2/c11-4-7-5-12-9-2-1-6(10(13)14)3-8(7)9/h1-3,5,12H,(H,13,14). The smallest absolute Gasteiger partial charge is 0.335 e. The second-order valence-corrected chi connectivity index (χ2v) is 2.88. The number of carbonyl (C=O) groups is 1. The second kappa shape index (κ2) is 2.89. The Balaban J connectivity index is 2.75. The Morgan fingerprint density at radius 2 is 2.29 bits per heavy atom. The number of hydrogen-bond donors (Lipinski definition) is 2. The third-order valence-corrected chi connectivity index (χ3v) is 2.05. The minimum atomic E-state index is -0.989. The van der Waals surface area contributed by atoms with Crippen molar-refractivity contribution in [2.75, 3.05) is 0 Å². The van der Waals surface area contributed by atoms with Gasteiger partial charge < -0.3 is 10.1 Å². The summed E-state index contributed by atoms with van der Waals surface area (Å²) in [5.41, 5.74) is 1.42. The molecule has 0 aliphatic heterocycles. The number of carboxylic acid groups (broad SMARTS) is 1. The van der Waals surface area contributed by atoms with Crippen LogP contribution >= 0.6 is 0 Å². The first-order chi connectivity index (χ1) is 6.72. The molecule has 0 atom stereocenters. The number of aromatic nitrogens is 1. The zero-order valence-corrected chi connectivity index (χ0v) is 7.11.